The van der Waals surface area contributed by atoms with Gasteiger partial charge in [-0.25, -0.2) is 0 Å². The number of hydrogen-bond donors (Lipinski definition) is 1. The Labute approximate surface area is 170 Å². The maximum atomic E-state index is 12.1. The summed E-state index contributed by atoms with van der Waals surface area (Å²) in [6.07, 6.45) is 21.9. The lowest BCUT2D eigenvalue weighted by atomic mass is 9.99. The van der Waals surface area contributed by atoms with Crippen molar-refractivity contribution in [2.75, 3.05) is 26.2 Å². The fourth-order valence-electron chi connectivity index (χ4n) is 4.01. The highest BCUT2D eigenvalue weighted by atomic mass is 16.2. The Morgan fingerprint density at radius 2 is 1.22 bits per heavy atom. The number of rotatable bonds is 17. The molecule has 0 radical (unpaired) electrons. The molecule has 0 bridgehead atoms. The van der Waals surface area contributed by atoms with E-state index in [2.05, 4.69) is 19.2 Å². The van der Waals surface area contributed by atoms with Crippen LogP contribution in [-0.2, 0) is 4.79 Å². The first-order valence-corrected chi connectivity index (χ1v) is 12.2. The van der Waals surface area contributed by atoms with E-state index in [0.717, 1.165) is 25.6 Å². The monoisotopic (exact) mass is 380 g/mol. The molecule has 1 fully saturated rings. The molecule has 3 heteroatoms. The van der Waals surface area contributed by atoms with Crippen molar-refractivity contribution >= 4 is 5.91 Å². The molecule has 1 amide bonds. The number of amides is 1. The van der Waals surface area contributed by atoms with E-state index in [0.29, 0.717) is 12.5 Å². The highest BCUT2D eigenvalue weighted by Crippen LogP contribution is 2.16. The van der Waals surface area contributed by atoms with Crippen molar-refractivity contribution in [2.24, 2.45) is 5.92 Å². The Bertz CT molecular complexity index is 337. The molecule has 0 atom stereocenters. The number of nitrogens with zero attached hydrogens (tertiary/aromatic N) is 1. The summed E-state index contributed by atoms with van der Waals surface area (Å²) in [6.45, 7) is 8.02. The lowest BCUT2D eigenvalue weighted by molar-refractivity contribution is -0.131. The molecule has 1 N–H and O–H groups in total. The summed E-state index contributed by atoms with van der Waals surface area (Å²) in [4.78, 5) is 14.2. The van der Waals surface area contributed by atoms with Gasteiger partial charge in [0, 0.05) is 13.1 Å². The Balaban J connectivity index is 1.75. The van der Waals surface area contributed by atoms with Gasteiger partial charge >= 0.3 is 0 Å². The van der Waals surface area contributed by atoms with Crippen LogP contribution in [0.3, 0.4) is 0 Å². The summed E-state index contributed by atoms with van der Waals surface area (Å²) in [6, 6.07) is 0. The maximum Gasteiger partial charge on any atom is 0.236 e. The maximum absolute atomic E-state index is 12.1. The number of nitrogens with one attached hydrogen (secondary N) is 1. The average Bonchev–Trinajstić information content (AvgIpc) is 2.68. The Morgan fingerprint density at radius 3 is 1.70 bits per heavy atom. The Morgan fingerprint density at radius 1 is 0.778 bits per heavy atom. The topological polar surface area (TPSA) is 32.3 Å². The van der Waals surface area contributed by atoms with Gasteiger partial charge in [0.1, 0.15) is 0 Å². The van der Waals surface area contributed by atoms with Crippen molar-refractivity contribution < 1.29 is 4.79 Å². The summed E-state index contributed by atoms with van der Waals surface area (Å²) in [5, 5.41) is 3.35. The van der Waals surface area contributed by atoms with Crippen molar-refractivity contribution in [1.82, 2.24) is 10.2 Å². The number of carbonyl (C=O) groups is 1. The minimum atomic E-state index is 0.298. The lowest BCUT2D eigenvalue weighted by Gasteiger charge is -2.30. The zero-order chi connectivity index (χ0) is 19.6. The summed E-state index contributed by atoms with van der Waals surface area (Å²) in [5.41, 5.74) is 0. The zero-order valence-electron chi connectivity index (χ0n) is 18.6. The van der Waals surface area contributed by atoms with Gasteiger partial charge in [0.25, 0.3) is 0 Å². The van der Waals surface area contributed by atoms with Gasteiger partial charge < -0.3 is 10.2 Å². The van der Waals surface area contributed by atoms with E-state index in [1.807, 2.05) is 4.90 Å². The standard InChI is InChI=1S/C24H48N2O/c1-3-4-5-6-7-8-9-10-11-12-13-14-15-16-19-25-22-24(27)26-20-17-23(2)18-21-26/h23,25H,3-22H2,1-2H3. The second-order valence-electron chi connectivity index (χ2n) is 8.84. The number of hydrogen-bond acceptors (Lipinski definition) is 2. The molecule has 0 aliphatic carbocycles. The van der Waals surface area contributed by atoms with Gasteiger partial charge in [-0.1, -0.05) is 97.3 Å². The molecule has 0 saturated carbocycles. The quantitative estimate of drug-likeness (QED) is 0.300. The number of likely N-dealkylation sites (tertiary alicyclic amines) is 1. The summed E-state index contributed by atoms with van der Waals surface area (Å²) in [7, 11) is 0. The molecule has 0 spiro atoms. The van der Waals surface area contributed by atoms with Gasteiger partial charge in [0.05, 0.1) is 6.54 Å². The van der Waals surface area contributed by atoms with Crippen LogP contribution in [0, 0.1) is 5.92 Å². The first kappa shape index (κ1) is 24.5. The van der Waals surface area contributed by atoms with Gasteiger partial charge in [0.15, 0.2) is 0 Å². The molecule has 160 valence electrons. The SMILES string of the molecule is CCCCCCCCCCCCCCCCNCC(=O)N1CCC(C)CC1. The van der Waals surface area contributed by atoms with Crippen molar-refractivity contribution in [2.45, 2.75) is 117 Å². The van der Waals surface area contributed by atoms with E-state index < -0.39 is 0 Å². The van der Waals surface area contributed by atoms with E-state index in [4.69, 9.17) is 0 Å². The fraction of sp³-hybridized carbons (Fsp3) is 0.958. The summed E-state index contributed by atoms with van der Waals surface area (Å²) < 4.78 is 0. The molecule has 0 aromatic heterocycles. The molecular weight excluding hydrogens is 332 g/mol. The van der Waals surface area contributed by atoms with Crippen LogP contribution in [0.4, 0.5) is 0 Å². The molecule has 0 aromatic carbocycles. The van der Waals surface area contributed by atoms with Gasteiger partial charge in [-0.2, -0.15) is 0 Å². The third-order valence-corrected chi connectivity index (χ3v) is 6.12. The molecule has 27 heavy (non-hydrogen) atoms. The average molecular weight is 381 g/mol. The predicted molar refractivity (Wildman–Crippen MR) is 118 cm³/mol. The van der Waals surface area contributed by atoms with Crippen LogP contribution in [-0.4, -0.2) is 37.0 Å². The molecule has 1 rings (SSSR count). The molecule has 1 aliphatic rings. The summed E-state index contributed by atoms with van der Waals surface area (Å²) in [5.74, 6) is 1.09. The highest BCUT2D eigenvalue weighted by Gasteiger charge is 2.19. The third-order valence-electron chi connectivity index (χ3n) is 6.12. The van der Waals surface area contributed by atoms with E-state index in [1.165, 1.54) is 103 Å². The van der Waals surface area contributed by atoms with E-state index in [-0.39, 0.29) is 0 Å². The van der Waals surface area contributed by atoms with Gasteiger partial charge in [-0.3, -0.25) is 4.79 Å². The highest BCUT2D eigenvalue weighted by molar-refractivity contribution is 5.78. The van der Waals surface area contributed by atoms with Crippen LogP contribution in [0.25, 0.3) is 0 Å². The van der Waals surface area contributed by atoms with Crippen LogP contribution >= 0.6 is 0 Å². The lowest BCUT2D eigenvalue weighted by Crippen LogP contribution is -2.42. The minimum Gasteiger partial charge on any atom is -0.342 e. The van der Waals surface area contributed by atoms with E-state index >= 15 is 0 Å². The minimum absolute atomic E-state index is 0.298. The molecule has 3 nitrogen and oxygen atoms in total. The number of unbranched alkanes of at least 4 members (excludes halogenated alkanes) is 13. The van der Waals surface area contributed by atoms with Gasteiger partial charge in [-0.05, 0) is 31.7 Å². The summed E-state index contributed by atoms with van der Waals surface area (Å²) >= 11 is 0. The Hall–Kier alpha value is -0.570. The molecule has 0 aromatic rings. The van der Waals surface area contributed by atoms with Crippen LogP contribution in [0.2, 0.25) is 0 Å². The predicted octanol–water partition coefficient (Wildman–Crippen LogP) is 6.32. The van der Waals surface area contributed by atoms with Crippen molar-refractivity contribution in [3.63, 3.8) is 0 Å². The number of piperidine rings is 1. The first-order chi connectivity index (χ1) is 13.2. The van der Waals surface area contributed by atoms with Crippen LogP contribution < -0.4 is 5.32 Å². The van der Waals surface area contributed by atoms with Gasteiger partial charge in [-0.15, -0.1) is 0 Å². The van der Waals surface area contributed by atoms with Crippen LogP contribution in [0.5, 0.6) is 0 Å². The van der Waals surface area contributed by atoms with Gasteiger partial charge in [0.2, 0.25) is 5.91 Å². The first-order valence-electron chi connectivity index (χ1n) is 12.2. The van der Waals surface area contributed by atoms with E-state index in [1.54, 1.807) is 0 Å². The smallest absolute Gasteiger partial charge is 0.236 e. The second kappa shape index (κ2) is 17.5. The van der Waals surface area contributed by atoms with Crippen molar-refractivity contribution in [3.8, 4) is 0 Å². The largest absolute Gasteiger partial charge is 0.342 e. The third kappa shape index (κ3) is 14.1. The number of carbonyl (C=O) groups excluding carboxylic acids is 1. The normalized spacial score (nSPS) is 15.4. The van der Waals surface area contributed by atoms with Crippen LogP contribution in [0.15, 0.2) is 0 Å². The van der Waals surface area contributed by atoms with Crippen LogP contribution in [0.1, 0.15) is 117 Å². The van der Waals surface area contributed by atoms with E-state index in [9.17, 15) is 4.79 Å². The van der Waals surface area contributed by atoms with Crippen molar-refractivity contribution in [1.29, 1.82) is 0 Å². The molecule has 1 aliphatic heterocycles. The molecular formula is C24H48N2O. The second-order valence-corrected chi connectivity index (χ2v) is 8.84. The molecule has 1 heterocycles. The Kier molecular flexibility index (Phi) is 15.9. The fourth-order valence-corrected chi connectivity index (χ4v) is 4.01. The molecule has 1 saturated heterocycles. The zero-order valence-corrected chi connectivity index (χ0v) is 18.6. The molecule has 0 unspecified atom stereocenters. The van der Waals surface area contributed by atoms with Crippen molar-refractivity contribution in [3.05, 3.63) is 0 Å².